The Morgan fingerprint density at radius 3 is 2.65 bits per heavy atom. The number of carbonyl (C=O) groups excluding carboxylic acids is 2. The summed E-state index contributed by atoms with van der Waals surface area (Å²) in [6, 6.07) is 8.31. The van der Waals surface area contributed by atoms with Crippen molar-refractivity contribution in [2.24, 2.45) is 0 Å². The number of carbonyl (C=O) groups is 2. The molecule has 0 atom stereocenters. The van der Waals surface area contributed by atoms with E-state index in [0.29, 0.717) is 0 Å². The molecule has 2 aromatic rings. The average molecular weight is 382 g/mol. The first-order valence-electron chi connectivity index (χ1n) is 7.13. The van der Waals surface area contributed by atoms with Crippen molar-refractivity contribution < 1.29 is 28.0 Å². The number of benzene rings is 2. The van der Waals surface area contributed by atoms with E-state index in [1.54, 1.807) is 0 Å². The minimum Gasteiger partial charge on any atom is -0.455 e. The number of nitro groups is 1. The van der Waals surface area contributed by atoms with Gasteiger partial charge >= 0.3 is 5.97 Å². The molecule has 2 rings (SSSR count). The molecule has 0 fully saturated rings. The van der Waals surface area contributed by atoms with E-state index < -0.39 is 35.0 Å². The van der Waals surface area contributed by atoms with Crippen molar-refractivity contribution in [3.05, 3.63) is 64.2 Å². The average Bonchev–Trinajstić information content (AvgIpc) is 2.61. The van der Waals surface area contributed by atoms with Crippen molar-refractivity contribution in [3.63, 3.8) is 0 Å². The topological polar surface area (TPSA) is 98.5 Å². The van der Waals surface area contributed by atoms with Crippen LogP contribution in [0.3, 0.4) is 0 Å². The summed E-state index contributed by atoms with van der Waals surface area (Å²) in [7, 11) is 0. The summed E-state index contributed by atoms with van der Waals surface area (Å²) in [5, 5.41) is 13.1. The van der Waals surface area contributed by atoms with E-state index in [-0.39, 0.29) is 22.0 Å². The molecule has 136 valence electrons. The minimum atomic E-state index is -0.823. The number of thioether (sulfide) groups is 1. The zero-order valence-corrected chi connectivity index (χ0v) is 13.9. The number of rotatable bonds is 7. The largest absolute Gasteiger partial charge is 0.455 e. The second-order valence-electron chi connectivity index (χ2n) is 4.85. The lowest BCUT2D eigenvalue weighted by Gasteiger charge is -2.07. The third kappa shape index (κ3) is 5.52. The van der Waals surface area contributed by atoms with E-state index >= 15 is 0 Å². The van der Waals surface area contributed by atoms with Crippen LogP contribution in [0.5, 0.6) is 0 Å². The molecular formula is C16H12F2N2O5S. The van der Waals surface area contributed by atoms with E-state index in [0.717, 1.165) is 30.0 Å². The third-order valence-electron chi connectivity index (χ3n) is 2.98. The Morgan fingerprint density at radius 1 is 1.19 bits per heavy atom. The number of nitrogens with one attached hydrogen (secondary N) is 1. The molecule has 0 heterocycles. The van der Waals surface area contributed by atoms with Gasteiger partial charge in [0.05, 0.1) is 10.7 Å². The minimum absolute atomic E-state index is 0.0326. The second-order valence-corrected chi connectivity index (χ2v) is 5.86. The fourth-order valence-electron chi connectivity index (χ4n) is 1.84. The number of para-hydroxylation sites is 2. The number of ether oxygens (including phenoxy) is 1. The van der Waals surface area contributed by atoms with Gasteiger partial charge in [-0.15, -0.1) is 11.8 Å². The molecule has 0 unspecified atom stereocenters. The molecule has 0 aliphatic rings. The standard InChI is InChI=1S/C16H12F2N2O5S/c17-10-5-6-11(18)14(7-10)26-9-16(22)25-8-15(21)19-12-3-1-2-4-13(12)20(23)24/h1-7H,8-9H2,(H,19,21). The van der Waals surface area contributed by atoms with E-state index in [1.165, 1.54) is 24.3 Å². The molecule has 0 aromatic heterocycles. The predicted molar refractivity (Wildman–Crippen MR) is 89.8 cm³/mol. The monoisotopic (exact) mass is 382 g/mol. The summed E-state index contributed by atoms with van der Waals surface area (Å²) in [5.74, 6) is -3.26. The molecule has 0 aliphatic carbocycles. The summed E-state index contributed by atoms with van der Waals surface area (Å²) in [5.41, 5.74) is -0.334. The van der Waals surface area contributed by atoms with Crippen LogP contribution in [-0.2, 0) is 14.3 Å². The van der Waals surface area contributed by atoms with Gasteiger partial charge in [0.25, 0.3) is 11.6 Å². The van der Waals surface area contributed by atoms with Gasteiger partial charge in [-0.2, -0.15) is 0 Å². The molecule has 7 nitrogen and oxygen atoms in total. The van der Waals surface area contributed by atoms with Crippen LogP contribution in [0.15, 0.2) is 47.4 Å². The van der Waals surface area contributed by atoms with Crippen LogP contribution in [0.2, 0.25) is 0 Å². The van der Waals surface area contributed by atoms with E-state index in [2.05, 4.69) is 5.32 Å². The predicted octanol–water partition coefficient (Wildman–Crippen LogP) is 3.15. The number of esters is 1. The lowest BCUT2D eigenvalue weighted by atomic mass is 10.2. The van der Waals surface area contributed by atoms with Gasteiger partial charge in [0, 0.05) is 11.0 Å². The Balaban J connectivity index is 1.83. The highest BCUT2D eigenvalue weighted by Crippen LogP contribution is 2.24. The van der Waals surface area contributed by atoms with Crippen molar-refractivity contribution in [3.8, 4) is 0 Å². The maximum absolute atomic E-state index is 13.4. The molecule has 1 N–H and O–H groups in total. The van der Waals surface area contributed by atoms with Crippen molar-refractivity contribution in [2.45, 2.75) is 4.90 Å². The Labute approximate surface area is 150 Å². The molecule has 2 aromatic carbocycles. The number of halogens is 2. The Hall–Kier alpha value is -3.01. The number of amides is 1. The molecule has 0 bridgehead atoms. The summed E-state index contributed by atoms with van der Waals surface area (Å²) < 4.78 is 31.2. The Morgan fingerprint density at radius 2 is 1.92 bits per heavy atom. The van der Waals surface area contributed by atoms with Gasteiger partial charge in [0.2, 0.25) is 0 Å². The van der Waals surface area contributed by atoms with Crippen LogP contribution in [0, 0.1) is 21.7 Å². The summed E-state index contributed by atoms with van der Waals surface area (Å²) in [4.78, 5) is 33.5. The molecule has 10 heteroatoms. The van der Waals surface area contributed by atoms with Gasteiger partial charge < -0.3 is 10.1 Å². The molecule has 0 radical (unpaired) electrons. The van der Waals surface area contributed by atoms with E-state index in [1.807, 2.05) is 0 Å². The van der Waals surface area contributed by atoms with Crippen LogP contribution in [0.25, 0.3) is 0 Å². The Kier molecular flexibility index (Phi) is 6.61. The summed E-state index contributed by atoms with van der Waals surface area (Å²) in [6.45, 7) is -0.670. The first-order valence-corrected chi connectivity index (χ1v) is 8.12. The summed E-state index contributed by atoms with van der Waals surface area (Å²) in [6.07, 6.45) is 0. The highest BCUT2D eigenvalue weighted by Gasteiger charge is 2.16. The van der Waals surface area contributed by atoms with E-state index in [4.69, 9.17) is 4.74 Å². The zero-order valence-electron chi connectivity index (χ0n) is 13.1. The van der Waals surface area contributed by atoms with Crippen LogP contribution in [0.1, 0.15) is 0 Å². The number of hydrogen-bond acceptors (Lipinski definition) is 6. The molecule has 0 saturated heterocycles. The lowest BCUT2D eigenvalue weighted by molar-refractivity contribution is -0.383. The van der Waals surface area contributed by atoms with Gasteiger partial charge in [0.1, 0.15) is 17.3 Å². The normalized spacial score (nSPS) is 10.2. The number of anilines is 1. The molecule has 26 heavy (non-hydrogen) atoms. The van der Waals surface area contributed by atoms with Gasteiger partial charge in [-0.1, -0.05) is 12.1 Å². The molecule has 0 aliphatic heterocycles. The number of nitrogens with zero attached hydrogens (tertiary/aromatic N) is 1. The van der Waals surface area contributed by atoms with Crippen molar-refractivity contribution >= 4 is 35.0 Å². The number of nitro benzene ring substituents is 1. The maximum Gasteiger partial charge on any atom is 0.316 e. The molecular weight excluding hydrogens is 370 g/mol. The SMILES string of the molecule is O=C(COC(=O)CSc1cc(F)ccc1F)Nc1ccccc1[N+](=O)[O-]. The summed E-state index contributed by atoms with van der Waals surface area (Å²) >= 11 is 0.721. The molecule has 0 saturated carbocycles. The zero-order chi connectivity index (χ0) is 19.1. The molecule has 1 amide bonds. The van der Waals surface area contributed by atoms with Crippen molar-refractivity contribution in [1.82, 2.24) is 0 Å². The van der Waals surface area contributed by atoms with Crippen LogP contribution in [0.4, 0.5) is 20.2 Å². The van der Waals surface area contributed by atoms with Gasteiger partial charge in [-0.05, 0) is 24.3 Å². The smallest absolute Gasteiger partial charge is 0.316 e. The lowest BCUT2D eigenvalue weighted by Crippen LogP contribution is -2.22. The first-order chi connectivity index (χ1) is 12.4. The van der Waals surface area contributed by atoms with Crippen LogP contribution in [-0.4, -0.2) is 29.2 Å². The number of hydrogen-bond donors (Lipinski definition) is 1. The van der Waals surface area contributed by atoms with Gasteiger partial charge in [-0.3, -0.25) is 19.7 Å². The van der Waals surface area contributed by atoms with Crippen molar-refractivity contribution in [1.29, 1.82) is 0 Å². The Bertz CT molecular complexity index is 847. The fraction of sp³-hybridized carbons (Fsp3) is 0.125. The van der Waals surface area contributed by atoms with E-state index in [9.17, 15) is 28.5 Å². The van der Waals surface area contributed by atoms with Crippen LogP contribution >= 0.6 is 11.8 Å². The van der Waals surface area contributed by atoms with Gasteiger partial charge in [0.15, 0.2) is 6.61 Å². The third-order valence-corrected chi connectivity index (χ3v) is 3.98. The first kappa shape index (κ1) is 19.3. The van der Waals surface area contributed by atoms with Crippen molar-refractivity contribution in [2.75, 3.05) is 17.7 Å². The highest BCUT2D eigenvalue weighted by molar-refractivity contribution is 8.00. The maximum atomic E-state index is 13.4. The van der Waals surface area contributed by atoms with Gasteiger partial charge in [-0.25, -0.2) is 8.78 Å². The fourth-order valence-corrected chi connectivity index (χ4v) is 2.60. The second kappa shape index (κ2) is 8.90. The quantitative estimate of drug-likeness (QED) is 0.342. The van der Waals surface area contributed by atoms with Crippen LogP contribution < -0.4 is 5.32 Å². The molecule has 0 spiro atoms. The highest BCUT2D eigenvalue weighted by atomic mass is 32.2.